The lowest BCUT2D eigenvalue weighted by Gasteiger charge is -1.74. The Labute approximate surface area is 60.2 Å². The van der Waals surface area contributed by atoms with Gasteiger partial charge < -0.3 is 6.15 Å². The third kappa shape index (κ3) is 1.16. The van der Waals surface area contributed by atoms with E-state index in [-0.39, 0.29) is 6.15 Å². The first-order chi connectivity index (χ1) is 4.97. The molecule has 0 spiro atoms. The Morgan fingerprint density at radius 1 is 0.818 bits per heavy atom. The zero-order valence-corrected chi connectivity index (χ0v) is 5.39. The molecule has 11 heavy (non-hydrogen) atoms. The Bertz CT molecular complexity index is 247. The van der Waals surface area contributed by atoms with Crippen molar-refractivity contribution in [3.05, 3.63) is 0 Å². The fourth-order valence-corrected chi connectivity index (χ4v) is 0.513. The minimum absolute atomic E-state index is 0. The third-order valence-corrected chi connectivity index (χ3v) is 0.891. The Kier molecular flexibility index (Phi) is 1.83. The summed E-state index contributed by atoms with van der Waals surface area (Å²) in [6.07, 6.45) is 0. The van der Waals surface area contributed by atoms with E-state index in [1.165, 1.54) is 0 Å². The van der Waals surface area contributed by atoms with Crippen LogP contribution in [0.25, 0.3) is 11.6 Å². The quantitative estimate of drug-likeness (QED) is 0.456. The third-order valence-electron chi connectivity index (χ3n) is 0.891. The molecule has 58 valence electrons. The lowest BCUT2D eigenvalue weighted by molar-refractivity contribution is 0.881. The molecule has 2 heterocycles. The maximum absolute atomic E-state index is 3.63. The lowest BCUT2D eigenvalue weighted by Crippen LogP contribution is -1.83. The highest BCUT2D eigenvalue weighted by Crippen LogP contribution is 1.99. The van der Waals surface area contributed by atoms with Crippen LogP contribution in [0.1, 0.15) is 0 Å². The number of tetrazole rings is 2. The summed E-state index contributed by atoms with van der Waals surface area (Å²) in [5.41, 5.74) is 0. The minimum Gasteiger partial charge on any atom is -0.344 e. The van der Waals surface area contributed by atoms with Gasteiger partial charge in [0.25, 0.3) is 0 Å². The van der Waals surface area contributed by atoms with E-state index in [1.54, 1.807) is 0 Å². The molecule has 9 heteroatoms. The van der Waals surface area contributed by atoms with Crippen molar-refractivity contribution < 1.29 is 0 Å². The number of hydrogen-bond acceptors (Lipinski definition) is 7. The zero-order chi connectivity index (χ0) is 6.81. The second kappa shape index (κ2) is 2.79. The van der Waals surface area contributed by atoms with Gasteiger partial charge in [0.05, 0.1) is 0 Å². The Morgan fingerprint density at radius 3 is 1.55 bits per heavy atom. The molecular formula is C2H5N9. The maximum atomic E-state index is 3.63. The topological polar surface area (TPSA) is 144 Å². The monoisotopic (exact) mass is 155 g/mol. The first-order valence-corrected chi connectivity index (χ1v) is 2.44. The maximum Gasteiger partial charge on any atom is 0.245 e. The summed E-state index contributed by atoms with van der Waals surface area (Å²) in [5.74, 6) is 0.655. The predicted octanol–water partition coefficient (Wildman–Crippen LogP) is -1.46. The first kappa shape index (κ1) is 7.21. The van der Waals surface area contributed by atoms with Gasteiger partial charge in [0.2, 0.25) is 11.6 Å². The molecule has 0 radical (unpaired) electrons. The molecule has 0 saturated heterocycles. The first-order valence-electron chi connectivity index (χ1n) is 2.44. The van der Waals surface area contributed by atoms with Crippen molar-refractivity contribution in [3.63, 3.8) is 0 Å². The van der Waals surface area contributed by atoms with Crippen LogP contribution in [0.15, 0.2) is 0 Å². The summed E-state index contributed by atoms with van der Waals surface area (Å²) in [5, 5.41) is 25.7. The smallest absolute Gasteiger partial charge is 0.245 e. The molecule has 0 fully saturated rings. The van der Waals surface area contributed by atoms with Gasteiger partial charge in [-0.15, -0.1) is 20.4 Å². The molecule has 5 N–H and O–H groups in total. The van der Waals surface area contributed by atoms with Crippen molar-refractivity contribution in [3.8, 4) is 11.6 Å². The molecule has 2 aromatic heterocycles. The number of nitrogens with zero attached hydrogens (tertiary/aromatic N) is 6. The van der Waals surface area contributed by atoms with Crippen LogP contribution < -0.4 is 6.15 Å². The van der Waals surface area contributed by atoms with Crippen LogP contribution in [0.5, 0.6) is 0 Å². The van der Waals surface area contributed by atoms with Crippen LogP contribution in [0.2, 0.25) is 0 Å². The second-order valence-electron chi connectivity index (χ2n) is 1.47. The van der Waals surface area contributed by atoms with Gasteiger partial charge in [-0.05, 0) is 10.4 Å². The number of H-pyrrole nitrogens is 2. The van der Waals surface area contributed by atoms with Gasteiger partial charge in [-0.2, -0.15) is 10.4 Å². The van der Waals surface area contributed by atoms with Crippen LogP contribution in [-0.2, 0) is 0 Å². The summed E-state index contributed by atoms with van der Waals surface area (Å²) >= 11 is 0. The summed E-state index contributed by atoms with van der Waals surface area (Å²) in [7, 11) is 0. The molecule has 0 aliphatic carbocycles. The van der Waals surface area contributed by atoms with Crippen molar-refractivity contribution in [2.75, 3.05) is 0 Å². The molecule has 2 aromatic rings. The van der Waals surface area contributed by atoms with E-state index in [1.807, 2.05) is 0 Å². The summed E-state index contributed by atoms with van der Waals surface area (Å²) < 4.78 is 0. The Balaban J connectivity index is 0.000000605. The molecular weight excluding hydrogens is 150 g/mol. The van der Waals surface area contributed by atoms with Crippen LogP contribution in [-0.4, -0.2) is 41.2 Å². The van der Waals surface area contributed by atoms with Gasteiger partial charge in [0.15, 0.2) is 0 Å². The van der Waals surface area contributed by atoms with E-state index in [0.29, 0.717) is 11.6 Å². The van der Waals surface area contributed by atoms with Crippen molar-refractivity contribution in [2.24, 2.45) is 0 Å². The van der Waals surface area contributed by atoms with Gasteiger partial charge in [0, 0.05) is 0 Å². The second-order valence-corrected chi connectivity index (χ2v) is 1.47. The molecule has 0 aliphatic heterocycles. The number of nitrogens with one attached hydrogen (secondary N) is 2. The lowest BCUT2D eigenvalue weighted by atomic mass is 10.6. The van der Waals surface area contributed by atoms with E-state index in [4.69, 9.17) is 0 Å². The molecule has 0 aliphatic rings. The fourth-order valence-electron chi connectivity index (χ4n) is 0.513. The van der Waals surface area contributed by atoms with E-state index in [0.717, 1.165) is 0 Å². The average Bonchev–Trinajstić information content (AvgIpc) is 2.59. The molecule has 0 saturated carbocycles. The van der Waals surface area contributed by atoms with Crippen LogP contribution in [0.3, 0.4) is 0 Å². The number of hydrogen-bond donors (Lipinski definition) is 3. The number of aromatic amines is 2. The fraction of sp³-hybridized carbons (Fsp3) is 0. The van der Waals surface area contributed by atoms with Gasteiger partial charge in [-0.1, -0.05) is 0 Å². The molecule has 0 amide bonds. The van der Waals surface area contributed by atoms with Gasteiger partial charge in [0.1, 0.15) is 0 Å². The summed E-state index contributed by atoms with van der Waals surface area (Å²) in [6.45, 7) is 0. The average molecular weight is 155 g/mol. The molecule has 0 bridgehead atoms. The number of rotatable bonds is 1. The van der Waals surface area contributed by atoms with Crippen molar-refractivity contribution in [1.29, 1.82) is 0 Å². The van der Waals surface area contributed by atoms with Gasteiger partial charge in [-0.3, -0.25) is 0 Å². The summed E-state index contributed by atoms with van der Waals surface area (Å²) in [4.78, 5) is 0. The number of aromatic nitrogens is 8. The Hall–Kier alpha value is -1.90. The van der Waals surface area contributed by atoms with Crippen LogP contribution in [0, 0.1) is 0 Å². The van der Waals surface area contributed by atoms with Crippen molar-refractivity contribution in [1.82, 2.24) is 47.4 Å². The highest BCUT2D eigenvalue weighted by molar-refractivity contribution is 5.37. The van der Waals surface area contributed by atoms with Crippen LogP contribution in [0.4, 0.5) is 0 Å². The van der Waals surface area contributed by atoms with Gasteiger partial charge >= 0.3 is 0 Å². The minimum atomic E-state index is 0. The molecule has 0 atom stereocenters. The van der Waals surface area contributed by atoms with E-state index >= 15 is 0 Å². The molecule has 0 aromatic carbocycles. The van der Waals surface area contributed by atoms with Crippen LogP contribution >= 0.6 is 0 Å². The normalized spacial score (nSPS) is 9.09. The highest BCUT2D eigenvalue weighted by atomic mass is 15.5. The SMILES string of the molecule is N.n1nc(-c2nn[nH]n2)n[nH]1. The van der Waals surface area contributed by atoms with Gasteiger partial charge in [-0.25, -0.2) is 0 Å². The van der Waals surface area contributed by atoms with Crippen molar-refractivity contribution >= 4 is 0 Å². The molecule has 0 unspecified atom stereocenters. The zero-order valence-electron chi connectivity index (χ0n) is 5.39. The highest BCUT2D eigenvalue weighted by Gasteiger charge is 2.05. The van der Waals surface area contributed by atoms with E-state index in [9.17, 15) is 0 Å². The molecule has 2 rings (SSSR count). The summed E-state index contributed by atoms with van der Waals surface area (Å²) in [6, 6.07) is 0. The Morgan fingerprint density at radius 2 is 1.27 bits per heavy atom. The van der Waals surface area contributed by atoms with Crippen molar-refractivity contribution in [2.45, 2.75) is 0 Å². The predicted molar refractivity (Wildman–Crippen MR) is 32.4 cm³/mol. The largest absolute Gasteiger partial charge is 0.344 e. The molecule has 9 nitrogen and oxygen atoms in total. The standard InChI is InChI=1S/C2H2N8.H3N/c3-1(4-8-7-3)2-5-9-10-6-2;/h(H,3,4,7,8)(H,5,6,9,10);1H3. The van der Waals surface area contributed by atoms with E-state index < -0.39 is 0 Å². The van der Waals surface area contributed by atoms with E-state index in [2.05, 4.69) is 41.2 Å².